The van der Waals surface area contributed by atoms with Crippen molar-refractivity contribution in [3.05, 3.63) is 83.9 Å². The molecule has 254 valence electrons. The number of rotatable bonds is 20. The lowest BCUT2D eigenvalue weighted by molar-refractivity contribution is 0.181. The third-order valence-electron chi connectivity index (χ3n) is 8.13. The Hall–Kier alpha value is -2.92. The Morgan fingerprint density at radius 2 is 0.848 bits per heavy atom. The van der Waals surface area contributed by atoms with Crippen LogP contribution in [0.2, 0.25) is 0 Å². The van der Waals surface area contributed by atoms with E-state index in [9.17, 15) is 16.8 Å². The molecule has 0 aliphatic rings. The number of aryl methyl sites for hydroxylation is 2. The van der Waals surface area contributed by atoms with Crippen LogP contribution >= 0.6 is 0 Å². The van der Waals surface area contributed by atoms with E-state index < -0.39 is 20.2 Å². The maximum atomic E-state index is 12.5. The Morgan fingerprint density at radius 1 is 0.522 bits per heavy atom. The highest BCUT2D eigenvalue weighted by molar-refractivity contribution is 7.87. The van der Waals surface area contributed by atoms with Crippen LogP contribution in [0.25, 0.3) is 0 Å². The second-order valence-electron chi connectivity index (χ2n) is 13.1. The zero-order valence-corrected chi connectivity index (χ0v) is 29.7. The minimum absolute atomic E-state index is 0.152. The van der Waals surface area contributed by atoms with Gasteiger partial charge in [-0.2, -0.15) is 16.8 Å². The summed E-state index contributed by atoms with van der Waals surface area (Å²) in [6.45, 7) is 13.3. The predicted molar refractivity (Wildman–Crippen MR) is 181 cm³/mol. The standard InChI is InChI=1S/C36H50O8S2/c1-7-35(3,4)27-43-45(37,38)33-21-13-29(14-22-33)11-9-25-41-31-17-19-32(20-18-31)42-26-10-12-30-15-23-34(24-16-30)46(39,40)44-28-36(5,6)8-2/h13-24H,7-12,25-28H2,1-6H3. The van der Waals surface area contributed by atoms with Crippen molar-refractivity contribution in [1.29, 1.82) is 0 Å². The Labute approximate surface area is 276 Å². The van der Waals surface area contributed by atoms with Crippen molar-refractivity contribution in [3.8, 4) is 11.5 Å². The van der Waals surface area contributed by atoms with E-state index in [4.69, 9.17) is 17.8 Å². The summed E-state index contributed by atoms with van der Waals surface area (Å²) < 4.78 is 72.2. The molecule has 46 heavy (non-hydrogen) atoms. The van der Waals surface area contributed by atoms with Crippen molar-refractivity contribution >= 4 is 20.2 Å². The summed E-state index contributed by atoms with van der Waals surface area (Å²) in [6, 6.07) is 21.1. The molecule has 0 fully saturated rings. The van der Waals surface area contributed by atoms with Gasteiger partial charge in [0.1, 0.15) is 11.5 Å². The Balaban J connectivity index is 1.34. The zero-order chi connectivity index (χ0) is 33.8. The normalized spacial score (nSPS) is 12.7. The molecule has 0 N–H and O–H groups in total. The SMILES string of the molecule is CCC(C)(C)COS(=O)(=O)c1ccc(CCCOc2ccc(OCCCc3ccc(S(=O)(=O)OCC(C)(C)CC)cc3)cc2)cc1. The van der Waals surface area contributed by atoms with Crippen molar-refractivity contribution in [3.63, 3.8) is 0 Å². The molecule has 0 heterocycles. The topological polar surface area (TPSA) is 105 Å². The number of benzene rings is 3. The van der Waals surface area contributed by atoms with E-state index in [1.807, 2.05) is 90.1 Å². The van der Waals surface area contributed by atoms with Gasteiger partial charge in [-0.05, 0) is 109 Å². The molecule has 0 bridgehead atoms. The molecule has 0 atom stereocenters. The van der Waals surface area contributed by atoms with Crippen molar-refractivity contribution < 1.29 is 34.7 Å². The molecule has 3 aromatic carbocycles. The lowest BCUT2D eigenvalue weighted by Gasteiger charge is -2.21. The summed E-state index contributed by atoms with van der Waals surface area (Å²) in [6.07, 6.45) is 4.73. The van der Waals surface area contributed by atoms with Gasteiger partial charge in [0, 0.05) is 0 Å². The maximum Gasteiger partial charge on any atom is 0.296 e. The van der Waals surface area contributed by atoms with E-state index in [0.717, 1.165) is 61.2 Å². The second kappa shape index (κ2) is 16.8. The second-order valence-corrected chi connectivity index (χ2v) is 16.4. The summed E-state index contributed by atoms with van der Waals surface area (Å²) in [4.78, 5) is 0.336. The van der Waals surface area contributed by atoms with Gasteiger partial charge in [-0.15, -0.1) is 0 Å². The Kier molecular flexibility index (Phi) is 13.7. The summed E-state index contributed by atoms with van der Waals surface area (Å²) in [7, 11) is -7.55. The molecule has 0 amide bonds. The van der Waals surface area contributed by atoms with Gasteiger partial charge in [0.15, 0.2) is 0 Å². The van der Waals surface area contributed by atoms with Crippen molar-refractivity contribution in [1.82, 2.24) is 0 Å². The molecule has 0 radical (unpaired) electrons. The monoisotopic (exact) mass is 674 g/mol. The number of hydrogen-bond donors (Lipinski definition) is 0. The molecule has 10 heteroatoms. The van der Waals surface area contributed by atoms with E-state index in [1.165, 1.54) is 0 Å². The summed E-state index contributed by atoms with van der Waals surface area (Å²) in [5, 5.41) is 0. The van der Waals surface area contributed by atoms with Crippen LogP contribution in [0, 0.1) is 10.8 Å². The van der Waals surface area contributed by atoms with Gasteiger partial charge in [-0.1, -0.05) is 65.8 Å². The van der Waals surface area contributed by atoms with Crippen LogP contribution in [0.15, 0.2) is 82.6 Å². The van der Waals surface area contributed by atoms with E-state index in [1.54, 1.807) is 24.3 Å². The Bertz CT molecular complexity index is 1440. The van der Waals surface area contributed by atoms with E-state index in [2.05, 4.69) is 0 Å². The smallest absolute Gasteiger partial charge is 0.296 e. The van der Waals surface area contributed by atoms with Crippen LogP contribution in [0.3, 0.4) is 0 Å². The molecule has 0 spiro atoms. The number of ether oxygens (including phenoxy) is 2. The zero-order valence-electron chi connectivity index (χ0n) is 28.1. The molecular weight excluding hydrogens is 625 g/mol. The molecule has 3 rings (SSSR count). The summed E-state index contributed by atoms with van der Waals surface area (Å²) in [5.41, 5.74) is 1.66. The lowest BCUT2D eigenvalue weighted by atomic mass is 9.92. The number of hydrogen-bond acceptors (Lipinski definition) is 8. The molecule has 0 saturated carbocycles. The fourth-order valence-corrected chi connectivity index (χ4v) is 6.18. The highest BCUT2D eigenvalue weighted by atomic mass is 32.2. The maximum absolute atomic E-state index is 12.5. The van der Waals surface area contributed by atoms with Gasteiger partial charge in [0.05, 0.1) is 36.2 Å². The molecule has 3 aromatic rings. The van der Waals surface area contributed by atoms with Crippen molar-refractivity contribution in [2.24, 2.45) is 10.8 Å². The van der Waals surface area contributed by atoms with Gasteiger partial charge in [-0.3, -0.25) is 8.37 Å². The average Bonchev–Trinajstić information content (AvgIpc) is 3.04. The van der Waals surface area contributed by atoms with Crippen LogP contribution in [0.1, 0.15) is 78.4 Å². The van der Waals surface area contributed by atoms with Crippen molar-refractivity contribution in [2.75, 3.05) is 26.4 Å². The minimum atomic E-state index is -3.77. The molecule has 0 aromatic heterocycles. The van der Waals surface area contributed by atoms with Crippen LogP contribution in [-0.2, 0) is 41.4 Å². The molecular formula is C36H50O8S2. The molecule has 0 saturated heterocycles. The van der Waals surface area contributed by atoms with Gasteiger partial charge < -0.3 is 9.47 Å². The van der Waals surface area contributed by atoms with Gasteiger partial charge in [0.25, 0.3) is 20.2 Å². The van der Waals surface area contributed by atoms with E-state index in [0.29, 0.717) is 13.2 Å². The van der Waals surface area contributed by atoms with E-state index in [-0.39, 0.29) is 33.8 Å². The first-order chi connectivity index (χ1) is 21.6. The van der Waals surface area contributed by atoms with Crippen LogP contribution < -0.4 is 9.47 Å². The highest BCUT2D eigenvalue weighted by Gasteiger charge is 2.23. The first-order valence-electron chi connectivity index (χ1n) is 16.0. The van der Waals surface area contributed by atoms with Crippen LogP contribution in [0.5, 0.6) is 11.5 Å². The van der Waals surface area contributed by atoms with Gasteiger partial charge in [0.2, 0.25) is 0 Å². The fraction of sp³-hybridized carbons (Fsp3) is 0.500. The summed E-state index contributed by atoms with van der Waals surface area (Å²) in [5.74, 6) is 1.50. The molecule has 0 aliphatic heterocycles. The first kappa shape index (κ1) is 37.5. The Morgan fingerprint density at radius 3 is 1.15 bits per heavy atom. The first-order valence-corrected chi connectivity index (χ1v) is 18.8. The van der Waals surface area contributed by atoms with Crippen molar-refractivity contribution in [2.45, 2.75) is 89.9 Å². The lowest BCUT2D eigenvalue weighted by Crippen LogP contribution is -2.21. The van der Waals surface area contributed by atoms with Gasteiger partial charge in [-0.25, -0.2) is 0 Å². The molecule has 8 nitrogen and oxygen atoms in total. The largest absolute Gasteiger partial charge is 0.494 e. The quantitative estimate of drug-likeness (QED) is 0.0877. The van der Waals surface area contributed by atoms with Gasteiger partial charge >= 0.3 is 0 Å². The fourth-order valence-electron chi connectivity index (χ4n) is 4.02. The highest BCUT2D eigenvalue weighted by Crippen LogP contribution is 2.25. The van der Waals surface area contributed by atoms with Crippen LogP contribution in [-0.4, -0.2) is 43.3 Å². The third-order valence-corrected chi connectivity index (χ3v) is 10.7. The molecule has 0 unspecified atom stereocenters. The minimum Gasteiger partial charge on any atom is -0.494 e. The van der Waals surface area contributed by atoms with Crippen LogP contribution in [0.4, 0.5) is 0 Å². The van der Waals surface area contributed by atoms with E-state index >= 15 is 0 Å². The molecule has 0 aliphatic carbocycles. The summed E-state index contributed by atoms with van der Waals surface area (Å²) >= 11 is 0. The predicted octanol–water partition coefficient (Wildman–Crippen LogP) is 7.99. The third kappa shape index (κ3) is 12.4. The average molecular weight is 675 g/mol.